The molecule has 0 aliphatic carbocycles. The van der Waals surface area contributed by atoms with E-state index in [9.17, 15) is 12.8 Å². The van der Waals surface area contributed by atoms with Crippen LogP contribution < -0.4 is 4.18 Å². The Hall–Kier alpha value is -3.40. The van der Waals surface area contributed by atoms with Crippen molar-refractivity contribution >= 4 is 21.0 Å². The molecule has 0 saturated carbocycles. The molecular weight excluding hydrogens is 361 g/mol. The van der Waals surface area contributed by atoms with Gasteiger partial charge in [0.05, 0.1) is 5.69 Å². The summed E-state index contributed by atoms with van der Waals surface area (Å²) in [4.78, 5) is 3.72. The minimum atomic E-state index is -4.21. The van der Waals surface area contributed by atoms with E-state index >= 15 is 0 Å². The van der Waals surface area contributed by atoms with Crippen LogP contribution in [-0.4, -0.2) is 33.6 Å². The maximum Gasteiger partial charge on any atom is 0.339 e. The number of hydrogen-bond acceptors (Lipinski definition) is 7. The van der Waals surface area contributed by atoms with Crippen molar-refractivity contribution in [2.24, 2.45) is 0 Å². The van der Waals surface area contributed by atoms with Gasteiger partial charge in [-0.05, 0) is 46.8 Å². The van der Waals surface area contributed by atoms with Gasteiger partial charge in [0.15, 0.2) is 0 Å². The van der Waals surface area contributed by atoms with Gasteiger partial charge in [-0.2, -0.15) is 8.42 Å². The maximum atomic E-state index is 13.9. The van der Waals surface area contributed by atoms with Gasteiger partial charge in [0, 0.05) is 17.6 Å². The molecule has 0 atom stereocenters. The molecule has 0 unspecified atom stereocenters. The average Bonchev–Trinajstić information content (AvgIpc) is 3.16. The third-order valence-corrected chi connectivity index (χ3v) is 4.89. The fourth-order valence-corrected chi connectivity index (χ4v) is 3.57. The van der Waals surface area contributed by atoms with Crippen molar-refractivity contribution in [1.82, 2.24) is 25.2 Å². The molecular formula is C16H10FN5O3S. The molecule has 10 heteroatoms. The van der Waals surface area contributed by atoms with Gasteiger partial charge in [0.1, 0.15) is 28.3 Å². The van der Waals surface area contributed by atoms with Crippen LogP contribution in [-0.2, 0) is 10.1 Å². The van der Waals surface area contributed by atoms with Gasteiger partial charge in [-0.1, -0.05) is 6.07 Å². The maximum absolute atomic E-state index is 13.9. The second kappa shape index (κ2) is 6.15. The fraction of sp³-hybridized carbons (Fsp3) is 0. The Morgan fingerprint density at radius 3 is 2.77 bits per heavy atom. The Labute approximate surface area is 147 Å². The predicted octanol–water partition coefficient (Wildman–Crippen LogP) is 2.12. The van der Waals surface area contributed by atoms with Crippen LogP contribution in [0, 0.1) is 5.82 Å². The van der Waals surface area contributed by atoms with E-state index < -0.39 is 15.9 Å². The molecule has 0 aliphatic heterocycles. The van der Waals surface area contributed by atoms with E-state index in [2.05, 4.69) is 20.5 Å². The summed E-state index contributed by atoms with van der Waals surface area (Å²) in [5, 5.41) is 10.9. The Balaban J connectivity index is 1.75. The number of benzene rings is 2. The first kappa shape index (κ1) is 16.1. The van der Waals surface area contributed by atoms with Crippen molar-refractivity contribution in [3.8, 4) is 11.4 Å². The monoisotopic (exact) mass is 371 g/mol. The zero-order chi connectivity index (χ0) is 18.1. The summed E-state index contributed by atoms with van der Waals surface area (Å²) in [5.41, 5.74) is 0.480. The van der Waals surface area contributed by atoms with Crippen molar-refractivity contribution < 1.29 is 17.0 Å². The lowest BCUT2D eigenvalue weighted by molar-refractivity contribution is 0.486. The van der Waals surface area contributed by atoms with Crippen molar-refractivity contribution in [2.75, 3.05) is 0 Å². The first-order valence-corrected chi connectivity index (χ1v) is 8.76. The molecule has 2 aromatic carbocycles. The zero-order valence-electron chi connectivity index (χ0n) is 13.0. The Morgan fingerprint density at radius 1 is 1.08 bits per heavy atom. The number of tetrazole rings is 1. The summed E-state index contributed by atoms with van der Waals surface area (Å²) in [5.74, 6) is -0.542. The highest BCUT2D eigenvalue weighted by Gasteiger charge is 2.22. The normalized spacial score (nSPS) is 11.6. The smallest absolute Gasteiger partial charge is 0.339 e. The highest BCUT2D eigenvalue weighted by Crippen LogP contribution is 2.27. The average molecular weight is 371 g/mol. The van der Waals surface area contributed by atoms with Crippen LogP contribution >= 0.6 is 0 Å². The molecule has 0 bridgehead atoms. The topological polar surface area (TPSA) is 99.9 Å². The number of aromatic nitrogens is 5. The minimum absolute atomic E-state index is 0.0420. The van der Waals surface area contributed by atoms with E-state index in [1.807, 2.05) is 0 Å². The molecule has 2 aromatic heterocycles. The summed E-state index contributed by atoms with van der Waals surface area (Å²) in [6, 6.07) is 11.4. The molecule has 4 aromatic rings. The van der Waals surface area contributed by atoms with E-state index in [1.165, 1.54) is 41.5 Å². The first-order chi connectivity index (χ1) is 12.5. The summed E-state index contributed by atoms with van der Waals surface area (Å²) < 4.78 is 45.9. The largest absolute Gasteiger partial charge is 0.379 e. The molecule has 0 radical (unpaired) electrons. The predicted molar refractivity (Wildman–Crippen MR) is 88.7 cm³/mol. The van der Waals surface area contributed by atoms with Crippen molar-refractivity contribution in [3.63, 3.8) is 0 Å². The first-order valence-electron chi connectivity index (χ1n) is 7.36. The third-order valence-electron chi connectivity index (χ3n) is 3.59. The molecule has 0 saturated heterocycles. The van der Waals surface area contributed by atoms with E-state index in [-0.39, 0.29) is 21.5 Å². The van der Waals surface area contributed by atoms with Crippen LogP contribution in [0.3, 0.4) is 0 Å². The highest BCUT2D eigenvalue weighted by atomic mass is 32.2. The Bertz CT molecular complexity index is 1200. The van der Waals surface area contributed by atoms with Crippen LogP contribution in [0.15, 0.2) is 66.0 Å². The molecule has 0 amide bonds. The molecule has 4 rings (SSSR count). The molecule has 0 spiro atoms. The fourth-order valence-electron chi connectivity index (χ4n) is 2.46. The second-order valence-electron chi connectivity index (χ2n) is 5.23. The van der Waals surface area contributed by atoms with Crippen LogP contribution in [0.2, 0.25) is 0 Å². The van der Waals surface area contributed by atoms with E-state index in [0.29, 0.717) is 5.69 Å². The molecule has 0 N–H and O–H groups in total. The van der Waals surface area contributed by atoms with Gasteiger partial charge in [-0.15, -0.1) is 5.10 Å². The SMILES string of the molecule is O=S(=O)(Oc1cccc(-n2cnnn2)c1)c1ccc(F)c2ncccc12. The number of fused-ring (bicyclic) bond motifs is 1. The summed E-state index contributed by atoms with van der Waals surface area (Å²) >= 11 is 0. The van der Waals surface area contributed by atoms with Crippen LogP contribution in [0.5, 0.6) is 5.75 Å². The Kier molecular flexibility index (Phi) is 3.81. The quantitative estimate of drug-likeness (QED) is 0.507. The lowest BCUT2D eigenvalue weighted by atomic mass is 10.2. The summed E-state index contributed by atoms with van der Waals surface area (Å²) in [6.07, 6.45) is 2.76. The number of rotatable bonds is 4. The van der Waals surface area contributed by atoms with Gasteiger partial charge < -0.3 is 4.18 Å². The number of halogens is 1. The summed E-state index contributed by atoms with van der Waals surface area (Å²) in [7, 11) is -4.21. The molecule has 0 aliphatic rings. The minimum Gasteiger partial charge on any atom is -0.379 e. The van der Waals surface area contributed by atoms with Gasteiger partial charge >= 0.3 is 10.1 Å². The lowest BCUT2D eigenvalue weighted by Gasteiger charge is -2.10. The van der Waals surface area contributed by atoms with Gasteiger partial charge in [-0.3, -0.25) is 4.98 Å². The number of nitrogens with zero attached hydrogens (tertiary/aromatic N) is 5. The van der Waals surface area contributed by atoms with Crippen molar-refractivity contribution in [1.29, 1.82) is 0 Å². The molecule has 2 heterocycles. The second-order valence-corrected chi connectivity index (χ2v) is 6.75. The van der Waals surface area contributed by atoms with E-state index in [4.69, 9.17) is 4.18 Å². The van der Waals surface area contributed by atoms with Gasteiger partial charge in [0.25, 0.3) is 0 Å². The zero-order valence-corrected chi connectivity index (χ0v) is 13.8. The molecule has 130 valence electrons. The Morgan fingerprint density at radius 2 is 1.96 bits per heavy atom. The van der Waals surface area contributed by atoms with Crippen LogP contribution in [0.1, 0.15) is 0 Å². The summed E-state index contributed by atoms with van der Waals surface area (Å²) in [6.45, 7) is 0. The molecule has 8 nitrogen and oxygen atoms in total. The van der Waals surface area contributed by atoms with Crippen molar-refractivity contribution in [2.45, 2.75) is 4.90 Å². The van der Waals surface area contributed by atoms with Gasteiger partial charge in [0.2, 0.25) is 0 Å². The highest BCUT2D eigenvalue weighted by molar-refractivity contribution is 7.87. The van der Waals surface area contributed by atoms with E-state index in [1.54, 1.807) is 12.1 Å². The number of hydrogen-bond donors (Lipinski definition) is 0. The molecule has 0 fully saturated rings. The number of pyridine rings is 1. The van der Waals surface area contributed by atoms with Crippen LogP contribution in [0.25, 0.3) is 16.6 Å². The van der Waals surface area contributed by atoms with E-state index in [0.717, 1.165) is 12.1 Å². The van der Waals surface area contributed by atoms with Crippen LogP contribution in [0.4, 0.5) is 4.39 Å². The van der Waals surface area contributed by atoms with Crippen molar-refractivity contribution in [3.05, 3.63) is 66.9 Å². The lowest BCUT2D eigenvalue weighted by Crippen LogP contribution is -2.11. The third kappa shape index (κ3) is 2.86. The van der Waals surface area contributed by atoms with Gasteiger partial charge in [-0.25, -0.2) is 9.07 Å². The molecule has 26 heavy (non-hydrogen) atoms. The standard InChI is InChI=1S/C16H10FN5O3S/c17-14-6-7-15(13-5-2-8-18-16(13)14)26(23,24)25-12-4-1-3-11(9-12)22-10-19-20-21-22/h1-10H.